The molecule has 5 nitrogen and oxygen atoms in total. The van der Waals surface area contributed by atoms with Crippen molar-refractivity contribution in [3.63, 3.8) is 0 Å². The van der Waals surface area contributed by atoms with Gasteiger partial charge in [0.05, 0.1) is 18.4 Å². The molecular formula is C21H21NO4S2. The van der Waals surface area contributed by atoms with E-state index in [0.29, 0.717) is 4.88 Å². The van der Waals surface area contributed by atoms with Crippen LogP contribution in [0.1, 0.15) is 15.7 Å². The maximum atomic E-state index is 13.1. The topological polar surface area (TPSA) is 72.5 Å². The quantitative estimate of drug-likeness (QED) is 0.610. The SMILES string of the molecule is COc1ccc(CC(=O)NC[C@H](c2cccs2)S(=O)(=O)c2ccccc2)cc1. The Kier molecular flexibility index (Phi) is 6.49. The number of hydrogen-bond acceptors (Lipinski definition) is 5. The molecule has 7 heteroatoms. The highest BCUT2D eigenvalue weighted by Crippen LogP contribution is 2.31. The fraction of sp³-hybridized carbons (Fsp3) is 0.190. The first kappa shape index (κ1) is 20.1. The molecule has 0 bridgehead atoms. The number of benzene rings is 2. The summed E-state index contributed by atoms with van der Waals surface area (Å²) in [5.74, 6) is 0.492. The lowest BCUT2D eigenvalue weighted by atomic mass is 10.1. The molecule has 0 unspecified atom stereocenters. The zero-order valence-corrected chi connectivity index (χ0v) is 17.0. The van der Waals surface area contributed by atoms with Crippen molar-refractivity contribution in [3.8, 4) is 5.75 Å². The Morgan fingerprint density at radius 1 is 1.04 bits per heavy atom. The van der Waals surface area contributed by atoms with E-state index in [0.717, 1.165) is 11.3 Å². The van der Waals surface area contributed by atoms with Crippen LogP contribution in [-0.2, 0) is 21.1 Å². The van der Waals surface area contributed by atoms with E-state index in [2.05, 4.69) is 5.32 Å². The summed E-state index contributed by atoms with van der Waals surface area (Å²) in [5.41, 5.74) is 0.830. The third kappa shape index (κ3) is 4.79. The fourth-order valence-corrected chi connectivity index (χ4v) is 5.62. The van der Waals surface area contributed by atoms with Crippen LogP contribution in [0.3, 0.4) is 0 Å². The van der Waals surface area contributed by atoms with Crippen molar-refractivity contribution >= 4 is 27.1 Å². The summed E-state index contributed by atoms with van der Waals surface area (Å²) in [6.45, 7) is 0.0206. The molecule has 0 radical (unpaired) electrons. The Bertz CT molecular complexity index is 998. The van der Waals surface area contributed by atoms with Crippen molar-refractivity contribution in [2.45, 2.75) is 16.6 Å². The van der Waals surface area contributed by atoms with Gasteiger partial charge in [-0.05, 0) is 41.3 Å². The van der Waals surface area contributed by atoms with Crippen LogP contribution in [0.25, 0.3) is 0 Å². The van der Waals surface area contributed by atoms with E-state index in [9.17, 15) is 13.2 Å². The zero-order chi connectivity index (χ0) is 20.0. The number of amides is 1. The van der Waals surface area contributed by atoms with Gasteiger partial charge in [0.15, 0.2) is 9.84 Å². The molecule has 2 aromatic carbocycles. The molecule has 1 amide bonds. The highest BCUT2D eigenvalue weighted by molar-refractivity contribution is 7.91. The number of ether oxygens (including phenoxy) is 1. The van der Waals surface area contributed by atoms with Gasteiger partial charge in [-0.25, -0.2) is 8.42 Å². The van der Waals surface area contributed by atoms with Gasteiger partial charge < -0.3 is 10.1 Å². The summed E-state index contributed by atoms with van der Waals surface area (Å²) in [7, 11) is -2.04. The second kappa shape index (κ2) is 9.03. The Morgan fingerprint density at radius 3 is 2.36 bits per heavy atom. The van der Waals surface area contributed by atoms with Crippen LogP contribution in [0.5, 0.6) is 5.75 Å². The van der Waals surface area contributed by atoms with E-state index >= 15 is 0 Å². The fourth-order valence-electron chi connectivity index (χ4n) is 2.81. The number of nitrogens with one attached hydrogen (secondary N) is 1. The Hall–Kier alpha value is -2.64. The summed E-state index contributed by atoms with van der Waals surface area (Å²) in [4.78, 5) is 13.3. The van der Waals surface area contributed by atoms with Crippen molar-refractivity contribution in [2.24, 2.45) is 0 Å². The molecule has 1 heterocycles. The van der Waals surface area contributed by atoms with Crippen molar-refractivity contribution in [2.75, 3.05) is 13.7 Å². The van der Waals surface area contributed by atoms with Gasteiger partial charge in [-0.2, -0.15) is 0 Å². The summed E-state index contributed by atoms with van der Waals surface area (Å²) < 4.78 is 31.3. The second-order valence-electron chi connectivity index (χ2n) is 6.19. The lowest BCUT2D eigenvalue weighted by molar-refractivity contribution is -0.120. The third-order valence-corrected chi connectivity index (χ3v) is 7.55. The van der Waals surface area contributed by atoms with Crippen LogP contribution >= 0.6 is 11.3 Å². The molecule has 3 rings (SSSR count). The number of methoxy groups -OCH3 is 1. The van der Waals surface area contributed by atoms with Crippen LogP contribution in [0.4, 0.5) is 0 Å². The first-order valence-electron chi connectivity index (χ1n) is 8.72. The molecule has 0 fully saturated rings. The van der Waals surface area contributed by atoms with Gasteiger partial charge in [0.1, 0.15) is 11.0 Å². The molecule has 0 aliphatic carbocycles. The van der Waals surface area contributed by atoms with Crippen molar-refractivity contribution in [3.05, 3.63) is 82.6 Å². The Morgan fingerprint density at radius 2 is 1.75 bits per heavy atom. The number of rotatable bonds is 8. The average Bonchev–Trinajstić information content (AvgIpc) is 3.23. The van der Waals surface area contributed by atoms with E-state index in [1.54, 1.807) is 55.6 Å². The third-order valence-electron chi connectivity index (χ3n) is 4.32. The molecule has 0 aliphatic rings. The number of hydrogen-bond donors (Lipinski definition) is 1. The van der Waals surface area contributed by atoms with E-state index in [1.807, 2.05) is 23.6 Å². The van der Waals surface area contributed by atoms with Gasteiger partial charge in [0.25, 0.3) is 0 Å². The lowest BCUT2D eigenvalue weighted by Crippen LogP contribution is -2.32. The molecule has 0 saturated carbocycles. The lowest BCUT2D eigenvalue weighted by Gasteiger charge is -2.17. The van der Waals surface area contributed by atoms with Crippen molar-refractivity contribution in [1.29, 1.82) is 0 Å². The monoisotopic (exact) mass is 415 g/mol. The highest BCUT2D eigenvalue weighted by Gasteiger charge is 2.30. The van der Waals surface area contributed by atoms with Crippen molar-refractivity contribution < 1.29 is 17.9 Å². The summed E-state index contributed by atoms with van der Waals surface area (Å²) in [6.07, 6.45) is 0.173. The van der Waals surface area contributed by atoms with Crippen LogP contribution in [0.15, 0.2) is 77.0 Å². The van der Waals surface area contributed by atoms with Crippen LogP contribution in [-0.4, -0.2) is 28.0 Å². The smallest absolute Gasteiger partial charge is 0.224 e. The molecular weight excluding hydrogens is 394 g/mol. The Labute approximate surface area is 168 Å². The van der Waals surface area contributed by atoms with Gasteiger partial charge >= 0.3 is 0 Å². The molecule has 146 valence electrons. The first-order chi connectivity index (χ1) is 13.5. The summed E-state index contributed by atoms with van der Waals surface area (Å²) in [6, 6.07) is 19.1. The predicted octanol–water partition coefficient (Wildman–Crippen LogP) is 3.63. The van der Waals surface area contributed by atoms with Crippen LogP contribution in [0, 0.1) is 0 Å². The maximum absolute atomic E-state index is 13.1. The molecule has 3 aromatic rings. The minimum absolute atomic E-state index is 0.0206. The van der Waals surface area contributed by atoms with Gasteiger partial charge in [-0.1, -0.05) is 36.4 Å². The minimum Gasteiger partial charge on any atom is -0.497 e. The van der Waals surface area contributed by atoms with Crippen LogP contribution < -0.4 is 10.1 Å². The molecule has 1 atom stereocenters. The molecule has 0 spiro atoms. The second-order valence-corrected chi connectivity index (χ2v) is 9.30. The number of carbonyl (C=O) groups is 1. The van der Waals surface area contributed by atoms with E-state index in [4.69, 9.17) is 4.74 Å². The van der Waals surface area contributed by atoms with Gasteiger partial charge in [0.2, 0.25) is 5.91 Å². The molecule has 28 heavy (non-hydrogen) atoms. The number of thiophene rings is 1. The zero-order valence-electron chi connectivity index (χ0n) is 15.4. The highest BCUT2D eigenvalue weighted by atomic mass is 32.2. The number of carbonyl (C=O) groups excluding carboxylic acids is 1. The first-order valence-corrected chi connectivity index (χ1v) is 11.2. The normalized spacial score (nSPS) is 12.3. The minimum atomic E-state index is -3.62. The average molecular weight is 416 g/mol. The van der Waals surface area contributed by atoms with Crippen LogP contribution in [0.2, 0.25) is 0 Å². The van der Waals surface area contributed by atoms with Crippen molar-refractivity contribution in [1.82, 2.24) is 5.32 Å². The standard InChI is InChI=1S/C21H21NO4S2/c1-26-17-11-9-16(10-12-17)14-21(23)22-15-20(19-8-5-13-27-19)28(24,25)18-6-3-2-4-7-18/h2-13,20H,14-15H2,1H3,(H,22,23)/t20-/m1/s1. The molecule has 1 aromatic heterocycles. The van der Waals surface area contributed by atoms with Gasteiger partial charge in [-0.3, -0.25) is 4.79 Å². The van der Waals surface area contributed by atoms with Gasteiger partial charge in [0, 0.05) is 11.4 Å². The Balaban J connectivity index is 1.73. The summed E-state index contributed by atoms with van der Waals surface area (Å²) in [5, 5.41) is 3.79. The molecule has 1 N–H and O–H groups in total. The molecule has 0 aliphatic heterocycles. The van der Waals surface area contributed by atoms with E-state index in [1.165, 1.54) is 11.3 Å². The maximum Gasteiger partial charge on any atom is 0.224 e. The largest absolute Gasteiger partial charge is 0.497 e. The predicted molar refractivity (Wildman–Crippen MR) is 110 cm³/mol. The number of sulfone groups is 1. The van der Waals surface area contributed by atoms with Gasteiger partial charge in [-0.15, -0.1) is 11.3 Å². The van der Waals surface area contributed by atoms with E-state index < -0.39 is 15.1 Å². The summed E-state index contributed by atoms with van der Waals surface area (Å²) >= 11 is 1.37. The molecule has 0 saturated heterocycles. The van der Waals surface area contributed by atoms with E-state index in [-0.39, 0.29) is 23.8 Å².